The van der Waals surface area contributed by atoms with E-state index in [-0.39, 0.29) is 16.3 Å². The molecule has 1 N–H and O–H groups in total. The molecule has 0 saturated heterocycles. The highest BCUT2D eigenvalue weighted by Gasteiger charge is 2.18. The molecule has 0 fully saturated rings. The van der Waals surface area contributed by atoms with E-state index in [1.807, 2.05) is 6.92 Å². The van der Waals surface area contributed by atoms with Crippen LogP contribution in [0.4, 0.5) is 8.78 Å². The molecular formula is C14H20ClF2NO2S. The number of sulfone groups is 1. The average Bonchev–Trinajstić information content (AvgIpc) is 2.37. The summed E-state index contributed by atoms with van der Waals surface area (Å²) in [5.41, 5.74) is 0.179. The van der Waals surface area contributed by atoms with Crippen LogP contribution < -0.4 is 5.32 Å². The van der Waals surface area contributed by atoms with Crippen LogP contribution in [-0.2, 0) is 9.84 Å². The summed E-state index contributed by atoms with van der Waals surface area (Å²) in [6.07, 6.45) is 2.78. The van der Waals surface area contributed by atoms with Crippen LogP contribution in [0, 0.1) is 11.6 Å². The van der Waals surface area contributed by atoms with Crippen LogP contribution in [0.1, 0.15) is 37.8 Å². The Balaban J connectivity index is 2.88. The first kappa shape index (κ1) is 18.3. The highest BCUT2D eigenvalue weighted by atomic mass is 35.5. The second-order valence-corrected chi connectivity index (χ2v) is 7.73. The molecule has 1 aromatic rings. The first-order valence-electron chi connectivity index (χ1n) is 6.80. The van der Waals surface area contributed by atoms with Gasteiger partial charge < -0.3 is 5.32 Å². The van der Waals surface area contributed by atoms with Gasteiger partial charge >= 0.3 is 0 Å². The van der Waals surface area contributed by atoms with Gasteiger partial charge in [0.15, 0.2) is 0 Å². The van der Waals surface area contributed by atoms with Crippen LogP contribution in [0.25, 0.3) is 0 Å². The van der Waals surface area contributed by atoms with Crippen molar-refractivity contribution in [3.8, 4) is 0 Å². The molecule has 1 aromatic carbocycles. The van der Waals surface area contributed by atoms with Crippen molar-refractivity contribution < 1.29 is 17.2 Å². The molecule has 0 heterocycles. The summed E-state index contributed by atoms with van der Waals surface area (Å²) < 4.78 is 49.8. The predicted molar refractivity (Wildman–Crippen MR) is 81.3 cm³/mol. The number of hydrogen-bond acceptors (Lipinski definition) is 3. The third kappa shape index (κ3) is 6.28. The van der Waals surface area contributed by atoms with Crippen LogP contribution in [0.15, 0.2) is 12.1 Å². The normalized spacial score (nSPS) is 13.4. The van der Waals surface area contributed by atoms with Crippen molar-refractivity contribution in [1.29, 1.82) is 0 Å². The Morgan fingerprint density at radius 3 is 2.52 bits per heavy atom. The molecule has 21 heavy (non-hydrogen) atoms. The van der Waals surface area contributed by atoms with E-state index >= 15 is 0 Å². The zero-order valence-electron chi connectivity index (χ0n) is 12.1. The molecule has 0 radical (unpaired) electrons. The number of benzene rings is 1. The van der Waals surface area contributed by atoms with E-state index in [0.717, 1.165) is 24.8 Å². The molecule has 1 rings (SSSR count). The quantitative estimate of drug-likeness (QED) is 0.737. The van der Waals surface area contributed by atoms with Crippen LogP contribution in [-0.4, -0.2) is 27.0 Å². The molecule has 3 nitrogen and oxygen atoms in total. The summed E-state index contributed by atoms with van der Waals surface area (Å²) >= 11 is 5.54. The minimum absolute atomic E-state index is 0.0228. The molecule has 0 saturated carbocycles. The Kier molecular flexibility index (Phi) is 7.03. The first-order valence-corrected chi connectivity index (χ1v) is 9.24. The van der Waals surface area contributed by atoms with E-state index in [0.29, 0.717) is 19.4 Å². The lowest BCUT2D eigenvalue weighted by Gasteiger charge is -2.20. The molecule has 120 valence electrons. The zero-order valence-corrected chi connectivity index (χ0v) is 13.7. The average molecular weight is 340 g/mol. The summed E-state index contributed by atoms with van der Waals surface area (Å²) in [6, 6.07) is 1.59. The standard InChI is InChI=1S/C14H20ClF2NO2S/c1-3-6-18-14(5-4-7-21(2,19)20)10-8-13(17)11(15)9-12(10)16/h8-9,14,18H,3-7H2,1-2H3. The van der Waals surface area contributed by atoms with Gasteiger partial charge in [-0.15, -0.1) is 0 Å². The summed E-state index contributed by atoms with van der Waals surface area (Å²) in [5.74, 6) is -1.25. The highest BCUT2D eigenvalue weighted by molar-refractivity contribution is 7.90. The SMILES string of the molecule is CCCNC(CCCS(C)(=O)=O)c1cc(F)c(Cl)cc1F. The lowest BCUT2D eigenvalue weighted by atomic mass is 10.0. The van der Waals surface area contributed by atoms with Gasteiger partial charge in [-0.1, -0.05) is 18.5 Å². The minimum Gasteiger partial charge on any atom is -0.310 e. The molecule has 0 aliphatic heterocycles. The van der Waals surface area contributed by atoms with E-state index in [1.165, 1.54) is 0 Å². The van der Waals surface area contributed by atoms with Crippen molar-refractivity contribution in [3.05, 3.63) is 34.4 Å². The third-order valence-electron chi connectivity index (χ3n) is 3.06. The Labute approximate surface area is 129 Å². The van der Waals surface area contributed by atoms with Crippen LogP contribution >= 0.6 is 11.6 Å². The van der Waals surface area contributed by atoms with Gasteiger partial charge in [0.1, 0.15) is 21.5 Å². The summed E-state index contributed by atoms with van der Waals surface area (Å²) in [7, 11) is -3.06. The Morgan fingerprint density at radius 1 is 1.29 bits per heavy atom. The van der Waals surface area contributed by atoms with Gasteiger partial charge in [-0.2, -0.15) is 0 Å². The summed E-state index contributed by atoms with van der Waals surface area (Å²) in [6.45, 7) is 2.59. The second-order valence-electron chi connectivity index (χ2n) is 5.07. The molecule has 1 atom stereocenters. The fraction of sp³-hybridized carbons (Fsp3) is 0.571. The molecule has 0 bridgehead atoms. The summed E-state index contributed by atoms with van der Waals surface area (Å²) in [4.78, 5) is 0. The lowest BCUT2D eigenvalue weighted by molar-refractivity contribution is 0.464. The van der Waals surface area contributed by atoms with Gasteiger partial charge in [-0.3, -0.25) is 0 Å². The van der Waals surface area contributed by atoms with E-state index in [4.69, 9.17) is 11.6 Å². The van der Waals surface area contributed by atoms with E-state index in [1.54, 1.807) is 0 Å². The monoisotopic (exact) mass is 339 g/mol. The molecule has 1 unspecified atom stereocenters. The number of rotatable bonds is 8. The van der Waals surface area contributed by atoms with E-state index in [9.17, 15) is 17.2 Å². The maximum Gasteiger partial charge on any atom is 0.147 e. The maximum absolute atomic E-state index is 14.0. The van der Waals surface area contributed by atoms with Crippen molar-refractivity contribution >= 4 is 21.4 Å². The molecule has 0 aliphatic rings. The van der Waals surface area contributed by atoms with Crippen LogP contribution in [0.5, 0.6) is 0 Å². The van der Waals surface area contributed by atoms with Gasteiger partial charge in [0.2, 0.25) is 0 Å². The zero-order chi connectivity index (χ0) is 16.0. The van der Waals surface area contributed by atoms with Crippen molar-refractivity contribution in [2.24, 2.45) is 0 Å². The maximum atomic E-state index is 14.0. The molecule has 0 aliphatic carbocycles. The summed E-state index contributed by atoms with van der Waals surface area (Å²) in [5, 5.41) is 2.85. The van der Waals surface area contributed by atoms with Crippen LogP contribution in [0.2, 0.25) is 5.02 Å². The predicted octanol–water partition coefficient (Wildman–Crippen LogP) is 3.48. The fourth-order valence-corrected chi connectivity index (χ4v) is 2.88. The van der Waals surface area contributed by atoms with E-state index in [2.05, 4.69) is 5.32 Å². The second kappa shape index (κ2) is 8.06. The smallest absolute Gasteiger partial charge is 0.147 e. The Bertz CT molecular complexity index is 579. The molecule has 7 heteroatoms. The van der Waals surface area contributed by atoms with Gasteiger partial charge in [0.25, 0.3) is 0 Å². The van der Waals surface area contributed by atoms with Gasteiger partial charge in [0.05, 0.1) is 5.02 Å². The third-order valence-corrected chi connectivity index (χ3v) is 4.38. The Hall–Kier alpha value is -0.720. The van der Waals surface area contributed by atoms with E-state index < -0.39 is 27.5 Å². The molecule has 0 amide bonds. The largest absolute Gasteiger partial charge is 0.310 e. The number of halogens is 3. The van der Waals surface area contributed by atoms with Crippen LogP contribution in [0.3, 0.4) is 0 Å². The topological polar surface area (TPSA) is 46.2 Å². The van der Waals surface area contributed by atoms with Crippen molar-refractivity contribution in [1.82, 2.24) is 5.32 Å². The van der Waals surface area contributed by atoms with Crippen molar-refractivity contribution in [2.75, 3.05) is 18.6 Å². The van der Waals surface area contributed by atoms with Gasteiger partial charge in [-0.05, 0) is 37.9 Å². The first-order chi connectivity index (χ1) is 9.74. The molecule has 0 spiro atoms. The van der Waals surface area contributed by atoms with Crippen molar-refractivity contribution in [2.45, 2.75) is 32.2 Å². The molecule has 0 aromatic heterocycles. The number of hydrogen-bond donors (Lipinski definition) is 1. The Morgan fingerprint density at radius 2 is 1.95 bits per heavy atom. The van der Waals surface area contributed by atoms with Gasteiger partial charge in [-0.25, -0.2) is 17.2 Å². The number of nitrogens with one attached hydrogen (secondary N) is 1. The highest BCUT2D eigenvalue weighted by Crippen LogP contribution is 2.26. The van der Waals surface area contributed by atoms with Crippen molar-refractivity contribution in [3.63, 3.8) is 0 Å². The lowest BCUT2D eigenvalue weighted by Crippen LogP contribution is -2.24. The van der Waals surface area contributed by atoms with Gasteiger partial charge in [0, 0.05) is 23.6 Å². The fourth-order valence-electron chi connectivity index (χ4n) is 2.04. The minimum atomic E-state index is -3.06. The molecular weight excluding hydrogens is 320 g/mol.